The summed E-state index contributed by atoms with van der Waals surface area (Å²) >= 11 is 0. The molecule has 0 spiro atoms. The summed E-state index contributed by atoms with van der Waals surface area (Å²) in [6.45, 7) is 12.9. The molecular formula is C34H44O8. The van der Waals surface area contributed by atoms with Gasteiger partial charge in [0.15, 0.2) is 34.5 Å². The zero-order valence-electron chi connectivity index (χ0n) is 25.6. The second-order valence-electron chi connectivity index (χ2n) is 8.73. The van der Waals surface area contributed by atoms with Crippen LogP contribution in [0.5, 0.6) is 34.5 Å². The Hall–Kier alpha value is -4.40. The van der Waals surface area contributed by atoms with Gasteiger partial charge in [-0.05, 0) is 59.0 Å². The number of allylic oxidation sites excluding steroid dienone is 1. The average molecular weight is 581 g/mol. The maximum absolute atomic E-state index is 9.50. The van der Waals surface area contributed by atoms with Gasteiger partial charge in [-0.1, -0.05) is 43.4 Å². The minimum Gasteiger partial charge on any atom is -0.493 e. The van der Waals surface area contributed by atoms with E-state index in [-0.39, 0.29) is 0 Å². The molecule has 3 aromatic rings. The largest absolute Gasteiger partial charge is 0.493 e. The van der Waals surface area contributed by atoms with Gasteiger partial charge in [0.1, 0.15) is 0 Å². The predicted octanol–water partition coefficient (Wildman–Crippen LogP) is 6.84. The molecule has 0 aliphatic carbocycles. The molecule has 3 atom stereocenters. The van der Waals surface area contributed by atoms with E-state index in [4.69, 9.17) is 28.4 Å². The Bertz CT molecular complexity index is 1110. The van der Waals surface area contributed by atoms with Crippen molar-refractivity contribution in [3.05, 3.63) is 109 Å². The number of hydrogen-bond donors (Lipinski definition) is 2. The number of hydrogen-bond acceptors (Lipinski definition) is 8. The summed E-state index contributed by atoms with van der Waals surface area (Å²) in [5.74, 6) is 4.35. The summed E-state index contributed by atoms with van der Waals surface area (Å²) in [4.78, 5) is 0. The number of aliphatic hydroxyl groups excluding tert-OH is 2. The Morgan fingerprint density at radius 1 is 0.476 bits per heavy atom. The Morgan fingerprint density at radius 2 is 0.762 bits per heavy atom. The van der Waals surface area contributed by atoms with Gasteiger partial charge in [0.25, 0.3) is 0 Å². The number of aliphatic hydroxyl groups is 2. The Kier molecular flexibility index (Phi) is 16.0. The molecular weight excluding hydrogens is 536 g/mol. The van der Waals surface area contributed by atoms with Crippen molar-refractivity contribution in [2.45, 2.75) is 25.0 Å². The fourth-order valence-electron chi connectivity index (χ4n) is 3.62. The van der Waals surface area contributed by atoms with E-state index >= 15 is 0 Å². The number of ether oxygens (including phenoxy) is 6. The van der Waals surface area contributed by atoms with Crippen molar-refractivity contribution in [2.24, 2.45) is 0 Å². The van der Waals surface area contributed by atoms with Gasteiger partial charge in [-0.25, -0.2) is 0 Å². The first-order chi connectivity index (χ1) is 20.2. The molecule has 0 aliphatic heterocycles. The zero-order valence-corrected chi connectivity index (χ0v) is 25.6. The van der Waals surface area contributed by atoms with Crippen molar-refractivity contribution in [2.75, 3.05) is 42.7 Å². The lowest BCUT2D eigenvalue weighted by Gasteiger charge is -2.11. The summed E-state index contributed by atoms with van der Waals surface area (Å²) in [5.41, 5.74) is 2.65. The Labute approximate surface area is 250 Å². The van der Waals surface area contributed by atoms with Gasteiger partial charge < -0.3 is 38.6 Å². The van der Waals surface area contributed by atoms with E-state index in [1.807, 2.05) is 24.3 Å². The highest BCUT2D eigenvalue weighted by atomic mass is 16.5. The first-order valence-electron chi connectivity index (χ1n) is 13.1. The summed E-state index contributed by atoms with van der Waals surface area (Å²) in [5, 5.41) is 19.0. The first-order valence-corrected chi connectivity index (χ1v) is 13.1. The van der Waals surface area contributed by atoms with Gasteiger partial charge in [0.2, 0.25) is 0 Å². The highest BCUT2D eigenvalue weighted by Gasteiger charge is 2.10. The summed E-state index contributed by atoms with van der Waals surface area (Å²) in [6, 6.07) is 16.4. The van der Waals surface area contributed by atoms with E-state index in [1.54, 1.807) is 79.1 Å². The minimum absolute atomic E-state index is 0.329. The van der Waals surface area contributed by atoms with E-state index in [2.05, 4.69) is 26.7 Å². The molecule has 0 amide bonds. The highest BCUT2D eigenvalue weighted by Crippen LogP contribution is 2.32. The highest BCUT2D eigenvalue weighted by molar-refractivity contribution is 5.45. The van der Waals surface area contributed by atoms with Gasteiger partial charge >= 0.3 is 0 Å². The van der Waals surface area contributed by atoms with E-state index in [1.165, 1.54) is 17.7 Å². The fraction of sp³-hybridized carbons (Fsp3) is 0.294. The van der Waals surface area contributed by atoms with Crippen molar-refractivity contribution in [1.29, 1.82) is 0 Å². The van der Waals surface area contributed by atoms with Crippen LogP contribution in [-0.2, 0) is 0 Å². The molecule has 0 fully saturated rings. The summed E-state index contributed by atoms with van der Waals surface area (Å²) in [7, 11) is 9.53. The van der Waals surface area contributed by atoms with Crippen LogP contribution in [0.2, 0.25) is 0 Å². The molecule has 0 bridgehead atoms. The van der Waals surface area contributed by atoms with Crippen LogP contribution in [0, 0.1) is 0 Å². The van der Waals surface area contributed by atoms with Crippen molar-refractivity contribution < 1.29 is 38.6 Å². The average Bonchev–Trinajstić information content (AvgIpc) is 3.06. The standard InChI is InChI=1S/C12H16O2.2C11H14O3/c1-5-9(2)10-6-7-11(13-3)12(8-10)14-4;2*1-4-9(12)8-5-6-10(13-2)11(7-8)14-3/h5-9H,1H2,2-4H3;2*4-7,9,12H,1H2,2-3H3/t2*9-;/m10./s1. The molecule has 228 valence electrons. The third-order valence-corrected chi connectivity index (χ3v) is 6.23. The Balaban J connectivity index is 0.000000315. The zero-order chi connectivity index (χ0) is 31.7. The lowest BCUT2D eigenvalue weighted by atomic mass is 10.0. The van der Waals surface area contributed by atoms with Gasteiger partial charge in [-0.3, -0.25) is 0 Å². The van der Waals surface area contributed by atoms with Crippen molar-refractivity contribution in [1.82, 2.24) is 0 Å². The minimum atomic E-state index is -0.671. The molecule has 0 saturated carbocycles. The molecule has 1 unspecified atom stereocenters. The molecule has 0 saturated heterocycles. The van der Waals surface area contributed by atoms with E-state index in [9.17, 15) is 10.2 Å². The quantitative estimate of drug-likeness (QED) is 0.225. The third-order valence-electron chi connectivity index (χ3n) is 6.23. The first kappa shape index (κ1) is 35.6. The van der Waals surface area contributed by atoms with Crippen molar-refractivity contribution in [3.63, 3.8) is 0 Å². The number of benzene rings is 3. The van der Waals surface area contributed by atoms with Crippen molar-refractivity contribution in [3.8, 4) is 34.5 Å². The van der Waals surface area contributed by atoms with E-state index < -0.39 is 12.2 Å². The van der Waals surface area contributed by atoms with E-state index in [0.29, 0.717) is 28.9 Å². The lowest BCUT2D eigenvalue weighted by Crippen LogP contribution is -1.96. The third kappa shape index (κ3) is 10.2. The molecule has 0 aliphatic rings. The normalized spacial score (nSPS) is 11.9. The lowest BCUT2D eigenvalue weighted by molar-refractivity contribution is 0.228. The van der Waals surface area contributed by atoms with Gasteiger partial charge in [-0.15, -0.1) is 19.7 Å². The number of rotatable bonds is 12. The van der Waals surface area contributed by atoms with Crippen LogP contribution in [0.4, 0.5) is 0 Å². The van der Waals surface area contributed by atoms with Crippen LogP contribution in [0.1, 0.15) is 41.7 Å². The van der Waals surface area contributed by atoms with Crippen LogP contribution < -0.4 is 28.4 Å². The molecule has 0 heterocycles. The second-order valence-corrected chi connectivity index (χ2v) is 8.73. The number of methoxy groups -OCH3 is 6. The molecule has 3 aromatic carbocycles. The summed E-state index contributed by atoms with van der Waals surface area (Å²) < 4.78 is 30.7. The van der Waals surface area contributed by atoms with Gasteiger partial charge in [0.05, 0.1) is 54.9 Å². The van der Waals surface area contributed by atoms with Crippen LogP contribution in [0.15, 0.2) is 92.6 Å². The van der Waals surface area contributed by atoms with Gasteiger partial charge in [0, 0.05) is 0 Å². The predicted molar refractivity (Wildman–Crippen MR) is 168 cm³/mol. The fourth-order valence-corrected chi connectivity index (χ4v) is 3.62. The maximum atomic E-state index is 9.50. The maximum Gasteiger partial charge on any atom is 0.161 e. The van der Waals surface area contributed by atoms with Crippen LogP contribution in [-0.4, -0.2) is 52.9 Å². The SMILES string of the molecule is C=CC(O)c1ccc(OC)c(OC)c1.C=C[C@@H](C)c1ccc(OC)c(OC)c1.C=C[C@H](O)c1ccc(OC)c(OC)c1. The molecule has 0 radical (unpaired) electrons. The second kappa shape index (κ2) is 18.9. The molecule has 42 heavy (non-hydrogen) atoms. The molecule has 3 rings (SSSR count). The van der Waals surface area contributed by atoms with E-state index in [0.717, 1.165) is 22.6 Å². The smallest absolute Gasteiger partial charge is 0.161 e. The topological polar surface area (TPSA) is 95.8 Å². The molecule has 0 aromatic heterocycles. The molecule has 8 heteroatoms. The summed E-state index contributed by atoms with van der Waals surface area (Å²) in [6.07, 6.45) is 3.48. The van der Waals surface area contributed by atoms with Crippen LogP contribution in [0.25, 0.3) is 0 Å². The monoisotopic (exact) mass is 580 g/mol. The molecule has 2 N–H and O–H groups in total. The van der Waals surface area contributed by atoms with Crippen LogP contribution in [0.3, 0.4) is 0 Å². The Morgan fingerprint density at radius 3 is 1.02 bits per heavy atom. The van der Waals surface area contributed by atoms with Crippen molar-refractivity contribution >= 4 is 0 Å². The van der Waals surface area contributed by atoms with Crippen LogP contribution >= 0.6 is 0 Å². The molecule has 8 nitrogen and oxygen atoms in total. The van der Waals surface area contributed by atoms with Gasteiger partial charge in [-0.2, -0.15) is 0 Å².